The number of sulfonamides is 1. The highest BCUT2D eigenvalue weighted by molar-refractivity contribution is 7.92. The fourth-order valence-corrected chi connectivity index (χ4v) is 3.30. The van der Waals surface area contributed by atoms with Gasteiger partial charge in [0.25, 0.3) is 10.0 Å². The zero-order valence-electron chi connectivity index (χ0n) is 11.9. The second-order valence-corrected chi connectivity index (χ2v) is 6.84. The first-order valence-corrected chi connectivity index (χ1v) is 8.11. The number of hydrogen-bond acceptors (Lipinski definition) is 5. The van der Waals surface area contributed by atoms with Crippen LogP contribution in [0.25, 0.3) is 0 Å². The van der Waals surface area contributed by atoms with Crippen molar-refractivity contribution in [2.75, 3.05) is 4.72 Å². The number of nitrogens with one attached hydrogen (secondary N) is 1. The largest absolute Gasteiger partial charge is 0.434 e. The highest BCUT2D eigenvalue weighted by atomic mass is 32.2. The fraction of sp³-hybridized carbons (Fsp3) is 0.417. The second kappa shape index (κ2) is 5.18. The van der Waals surface area contributed by atoms with E-state index in [1.165, 1.54) is 12.4 Å². The maximum atomic E-state index is 13.0. The molecule has 0 saturated heterocycles. The van der Waals surface area contributed by atoms with Crippen LogP contribution >= 0.6 is 0 Å². The summed E-state index contributed by atoms with van der Waals surface area (Å²) in [6, 6.07) is 0. The SMILES string of the molecule is Cn1ncc(S(=O)(=O)Nc2cnc(C3CC3)nc2)c1C(F)(F)F. The molecular formula is C12H12F3N5O2S. The Labute approximate surface area is 129 Å². The summed E-state index contributed by atoms with van der Waals surface area (Å²) in [7, 11) is -3.43. The van der Waals surface area contributed by atoms with Crippen LogP contribution in [-0.4, -0.2) is 28.2 Å². The molecule has 1 saturated carbocycles. The van der Waals surface area contributed by atoms with Gasteiger partial charge in [-0.1, -0.05) is 0 Å². The lowest BCUT2D eigenvalue weighted by molar-refractivity contribution is -0.146. The summed E-state index contributed by atoms with van der Waals surface area (Å²) >= 11 is 0. The van der Waals surface area contributed by atoms with E-state index in [0.717, 1.165) is 19.9 Å². The van der Waals surface area contributed by atoms with Gasteiger partial charge in [0.2, 0.25) is 0 Å². The molecule has 0 unspecified atom stereocenters. The molecule has 11 heteroatoms. The zero-order valence-corrected chi connectivity index (χ0v) is 12.7. The van der Waals surface area contributed by atoms with Crippen LogP contribution in [0.2, 0.25) is 0 Å². The van der Waals surface area contributed by atoms with Crippen molar-refractivity contribution in [3.8, 4) is 0 Å². The third kappa shape index (κ3) is 3.14. The number of halogens is 3. The van der Waals surface area contributed by atoms with Gasteiger partial charge in [-0.25, -0.2) is 18.4 Å². The number of anilines is 1. The Morgan fingerprint density at radius 3 is 2.35 bits per heavy atom. The highest BCUT2D eigenvalue weighted by Crippen LogP contribution is 2.38. The smallest absolute Gasteiger partial charge is 0.276 e. The minimum Gasteiger partial charge on any atom is -0.276 e. The topological polar surface area (TPSA) is 89.8 Å². The minimum atomic E-state index is -4.85. The van der Waals surface area contributed by atoms with E-state index in [2.05, 4.69) is 15.1 Å². The van der Waals surface area contributed by atoms with E-state index in [0.29, 0.717) is 16.7 Å². The lowest BCUT2D eigenvalue weighted by Crippen LogP contribution is -2.20. The van der Waals surface area contributed by atoms with E-state index in [1.54, 1.807) is 0 Å². The van der Waals surface area contributed by atoms with Gasteiger partial charge in [0, 0.05) is 13.0 Å². The molecule has 124 valence electrons. The van der Waals surface area contributed by atoms with Crippen molar-refractivity contribution < 1.29 is 21.6 Å². The summed E-state index contributed by atoms with van der Waals surface area (Å²) in [4.78, 5) is 7.08. The Bertz CT molecular complexity index is 825. The van der Waals surface area contributed by atoms with E-state index in [9.17, 15) is 21.6 Å². The molecule has 7 nitrogen and oxygen atoms in total. The van der Waals surface area contributed by atoms with Gasteiger partial charge in [-0.3, -0.25) is 9.40 Å². The van der Waals surface area contributed by atoms with Crippen LogP contribution in [0.4, 0.5) is 18.9 Å². The Morgan fingerprint density at radius 2 is 1.83 bits per heavy atom. The van der Waals surface area contributed by atoms with Crippen LogP contribution in [0.1, 0.15) is 30.3 Å². The molecule has 1 aliphatic rings. The van der Waals surface area contributed by atoms with Gasteiger partial charge in [-0.2, -0.15) is 18.3 Å². The molecule has 1 N–H and O–H groups in total. The molecule has 0 aromatic carbocycles. The van der Waals surface area contributed by atoms with Gasteiger partial charge in [-0.05, 0) is 12.8 Å². The molecule has 0 aliphatic heterocycles. The number of hydrogen-bond donors (Lipinski definition) is 1. The Hall–Kier alpha value is -2.17. The van der Waals surface area contributed by atoms with E-state index >= 15 is 0 Å². The maximum absolute atomic E-state index is 13.0. The molecule has 23 heavy (non-hydrogen) atoms. The van der Waals surface area contributed by atoms with E-state index in [-0.39, 0.29) is 11.6 Å². The van der Waals surface area contributed by atoms with Crippen LogP contribution in [-0.2, 0) is 23.2 Å². The normalized spacial score (nSPS) is 15.7. The Kier molecular flexibility index (Phi) is 3.54. The first-order chi connectivity index (χ1) is 10.7. The van der Waals surface area contributed by atoms with Crippen LogP contribution in [0.3, 0.4) is 0 Å². The fourth-order valence-electron chi connectivity index (χ4n) is 2.09. The average Bonchev–Trinajstić information content (AvgIpc) is 3.20. The number of alkyl halides is 3. The molecule has 2 aromatic heterocycles. The molecule has 1 fully saturated rings. The third-order valence-corrected chi connectivity index (χ3v) is 4.71. The standard InChI is InChI=1S/C12H12F3N5O2S/c1-20-10(12(13,14)15)9(6-18-20)23(21,22)19-8-4-16-11(17-5-8)7-2-3-7/h4-7,19H,2-3H2,1H3. The van der Waals surface area contributed by atoms with Gasteiger partial charge < -0.3 is 0 Å². The molecule has 0 radical (unpaired) electrons. The lowest BCUT2D eigenvalue weighted by atomic mass is 10.4. The molecule has 0 spiro atoms. The van der Waals surface area contributed by atoms with E-state index in [1.807, 2.05) is 4.72 Å². The van der Waals surface area contributed by atoms with Crippen molar-refractivity contribution in [1.29, 1.82) is 0 Å². The van der Waals surface area contributed by atoms with Gasteiger partial charge in [0.1, 0.15) is 10.7 Å². The number of aryl methyl sites for hydroxylation is 1. The van der Waals surface area contributed by atoms with Crippen molar-refractivity contribution >= 4 is 15.7 Å². The number of rotatable bonds is 4. The summed E-state index contributed by atoms with van der Waals surface area (Å²) in [6.45, 7) is 0. The van der Waals surface area contributed by atoms with Crippen molar-refractivity contribution in [2.24, 2.45) is 7.05 Å². The summed E-state index contributed by atoms with van der Waals surface area (Å²) < 4.78 is 65.8. The molecule has 0 amide bonds. The first kappa shape index (κ1) is 15.7. The van der Waals surface area contributed by atoms with Crippen LogP contribution < -0.4 is 4.72 Å². The summed E-state index contributed by atoms with van der Waals surface area (Å²) in [5.41, 5.74) is -1.35. The molecular weight excluding hydrogens is 335 g/mol. The van der Waals surface area contributed by atoms with Crippen molar-refractivity contribution in [3.63, 3.8) is 0 Å². The number of aromatic nitrogens is 4. The predicted octanol–water partition coefficient (Wildman–Crippen LogP) is 1.91. The molecule has 1 aliphatic carbocycles. The van der Waals surface area contributed by atoms with Crippen molar-refractivity contribution in [2.45, 2.75) is 29.8 Å². The van der Waals surface area contributed by atoms with E-state index < -0.39 is 26.8 Å². The Morgan fingerprint density at radius 1 is 1.22 bits per heavy atom. The molecule has 0 bridgehead atoms. The summed E-state index contributed by atoms with van der Waals surface area (Å²) in [5, 5.41) is 3.38. The van der Waals surface area contributed by atoms with Gasteiger partial charge in [0.05, 0.1) is 24.3 Å². The van der Waals surface area contributed by atoms with Crippen molar-refractivity contribution in [1.82, 2.24) is 19.7 Å². The second-order valence-electron chi connectivity index (χ2n) is 5.19. The molecule has 2 heterocycles. The lowest BCUT2D eigenvalue weighted by Gasteiger charge is -2.11. The molecule has 3 rings (SSSR count). The van der Waals surface area contributed by atoms with Crippen LogP contribution in [0.5, 0.6) is 0 Å². The van der Waals surface area contributed by atoms with Crippen LogP contribution in [0, 0.1) is 0 Å². The monoisotopic (exact) mass is 347 g/mol. The third-order valence-electron chi connectivity index (χ3n) is 3.33. The van der Waals surface area contributed by atoms with Gasteiger partial charge >= 0.3 is 6.18 Å². The quantitative estimate of drug-likeness (QED) is 0.912. The molecule has 0 atom stereocenters. The number of nitrogens with zero attached hydrogens (tertiary/aromatic N) is 4. The average molecular weight is 347 g/mol. The highest BCUT2D eigenvalue weighted by Gasteiger charge is 2.41. The van der Waals surface area contributed by atoms with Crippen LogP contribution in [0.15, 0.2) is 23.5 Å². The predicted molar refractivity (Wildman–Crippen MR) is 73.0 cm³/mol. The van der Waals surface area contributed by atoms with Crippen molar-refractivity contribution in [3.05, 3.63) is 30.1 Å². The minimum absolute atomic E-state index is 0.00798. The molecule has 2 aromatic rings. The first-order valence-electron chi connectivity index (χ1n) is 6.62. The zero-order chi connectivity index (χ0) is 16.8. The summed E-state index contributed by atoms with van der Waals surface area (Å²) in [6.07, 6.45) is 0.251. The van der Waals surface area contributed by atoms with Gasteiger partial charge in [-0.15, -0.1) is 0 Å². The maximum Gasteiger partial charge on any atom is 0.434 e. The van der Waals surface area contributed by atoms with E-state index in [4.69, 9.17) is 0 Å². The Balaban J connectivity index is 1.90. The van der Waals surface area contributed by atoms with Gasteiger partial charge in [0.15, 0.2) is 5.69 Å². The summed E-state index contributed by atoms with van der Waals surface area (Å²) in [5.74, 6) is 0.890.